The van der Waals surface area contributed by atoms with Crippen molar-refractivity contribution in [1.29, 1.82) is 0 Å². The van der Waals surface area contributed by atoms with Crippen LogP contribution in [0.15, 0.2) is 0 Å². The number of aliphatic carboxylic acids is 4. The van der Waals surface area contributed by atoms with Crippen LogP contribution in [0.4, 0.5) is 0 Å². The van der Waals surface area contributed by atoms with Gasteiger partial charge in [0, 0.05) is 26.2 Å². The Morgan fingerprint density at radius 2 is 1.07 bits per heavy atom. The van der Waals surface area contributed by atoms with Crippen molar-refractivity contribution in [2.24, 2.45) is 0 Å². The van der Waals surface area contributed by atoms with Gasteiger partial charge in [-0.15, -0.1) is 0 Å². The molecule has 0 aliphatic heterocycles. The minimum absolute atomic E-state index is 0.117. The number of ether oxygens (including phenoxy) is 1. The standard InChI is InChI=1S/C14H23N3O10/c18-10(19)5-16(6-11(20)21)3-1-15-2-4-17(7-12(22)23)8-14(26)27-9-13(24)25/h15H,1-9H2,(H,18,19)(H,20,21)(H,22,23)(H,24,25). The van der Waals surface area contributed by atoms with E-state index in [1.54, 1.807) is 0 Å². The highest BCUT2D eigenvalue weighted by Gasteiger charge is 2.16. The Morgan fingerprint density at radius 1 is 0.667 bits per heavy atom. The number of carboxylic acids is 4. The molecule has 0 amide bonds. The molecule has 13 nitrogen and oxygen atoms in total. The molecule has 0 aliphatic carbocycles. The van der Waals surface area contributed by atoms with Gasteiger partial charge in [-0.1, -0.05) is 0 Å². The number of hydrogen-bond acceptors (Lipinski definition) is 9. The first kappa shape index (κ1) is 24.2. The largest absolute Gasteiger partial charge is 0.480 e. The normalized spacial score (nSPS) is 10.7. The third-order valence-electron chi connectivity index (χ3n) is 3.00. The molecule has 0 aromatic heterocycles. The summed E-state index contributed by atoms with van der Waals surface area (Å²) in [6.07, 6.45) is 0. The Bertz CT molecular complexity index is 523. The summed E-state index contributed by atoms with van der Waals surface area (Å²) in [5.41, 5.74) is 0. The van der Waals surface area contributed by atoms with Crippen LogP contribution in [0.2, 0.25) is 0 Å². The van der Waals surface area contributed by atoms with Crippen LogP contribution in [0.25, 0.3) is 0 Å². The summed E-state index contributed by atoms with van der Waals surface area (Å²) in [4.78, 5) is 56.4. The van der Waals surface area contributed by atoms with Gasteiger partial charge in [0.25, 0.3) is 0 Å². The highest BCUT2D eigenvalue weighted by molar-refractivity contribution is 5.77. The molecule has 0 unspecified atom stereocenters. The van der Waals surface area contributed by atoms with Gasteiger partial charge in [-0.3, -0.25) is 29.0 Å². The maximum atomic E-state index is 11.5. The first-order valence-electron chi connectivity index (χ1n) is 7.78. The van der Waals surface area contributed by atoms with Crippen LogP contribution in [0, 0.1) is 0 Å². The van der Waals surface area contributed by atoms with E-state index in [0.717, 1.165) is 0 Å². The third kappa shape index (κ3) is 15.2. The smallest absolute Gasteiger partial charge is 0.341 e. The second kappa shape index (κ2) is 13.4. The van der Waals surface area contributed by atoms with E-state index in [0.29, 0.717) is 0 Å². The first-order valence-corrected chi connectivity index (χ1v) is 7.78. The van der Waals surface area contributed by atoms with E-state index in [1.807, 2.05) is 0 Å². The summed E-state index contributed by atoms with van der Waals surface area (Å²) >= 11 is 0. The van der Waals surface area contributed by atoms with Crippen LogP contribution in [0.1, 0.15) is 0 Å². The van der Waals surface area contributed by atoms with Crippen LogP contribution in [-0.4, -0.2) is 119 Å². The number of carboxylic acid groups (broad SMARTS) is 4. The summed E-state index contributed by atoms with van der Waals surface area (Å²) in [7, 11) is 0. The van der Waals surface area contributed by atoms with Gasteiger partial charge in [-0.05, 0) is 0 Å². The molecule has 13 heteroatoms. The highest BCUT2D eigenvalue weighted by Crippen LogP contribution is 1.92. The fourth-order valence-corrected chi connectivity index (χ4v) is 1.97. The van der Waals surface area contributed by atoms with E-state index >= 15 is 0 Å². The van der Waals surface area contributed by atoms with Crippen molar-refractivity contribution >= 4 is 29.8 Å². The molecule has 27 heavy (non-hydrogen) atoms. The van der Waals surface area contributed by atoms with E-state index in [1.165, 1.54) is 9.80 Å². The van der Waals surface area contributed by atoms with E-state index < -0.39 is 62.6 Å². The predicted octanol–water partition coefficient (Wildman–Crippen LogP) is -2.94. The molecule has 0 aliphatic rings. The molecule has 0 saturated heterocycles. The van der Waals surface area contributed by atoms with Crippen molar-refractivity contribution in [3.05, 3.63) is 0 Å². The zero-order valence-corrected chi connectivity index (χ0v) is 14.5. The fraction of sp³-hybridized carbons (Fsp3) is 0.643. The quantitative estimate of drug-likeness (QED) is 0.132. The van der Waals surface area contributed by atoms with E-state index in [9.17, 15) is 24.0 Å². The Hall–Kier alpha value is -2.77. The fourth-order valence-electron chi connectivity index (χ4n) is 1.97. The summed E-state index contributed by atoms with van der Waals surface area (Å²) < 4.78 is 4.44. The number of hydrogen-bond donors (Lipinski definition) is 5. The van der Waals surface area contributed by atoms with Crippen LogP contribution in [-0.2, 0) is 28.7 Å². The molecule has 0 fully saturated rings. The van der Waals surface area contributed by atoms with Gasteiger partial charge in [0.05, 0.1) is 26.2 Å². The Morgan fingerprint density at radius 3 is 1.44 bits per heavy atom. The molecule has 0 saturated carbocycles. The Kier molecular flexibility index (Phi) is 12.1. The molecule has 0 bridgehead atoms. The van der Waals surface area contributed by atoms with Gasteiger partial charge in [0.1, 0.15) is 0 Å². The van der Waals surface area contributed by atoms with Crippen LogP contribution in [0.5, 0.6) is 0 Å². The molecule has 0 aromatic carbocycles. The number of nitrogens with zero attached hydrogens (tertiary/aromatic N) is 2. The summed E-state index contributed by atoms with van der Waals surface area (Å²) in [5, 5.41) is 37.6. The molecular weight excluding hydrogens is 370 g/mol. The first-order chi connectivity index (χ1) is 12.6. The van der Waals surface area contributed by atoms with Gasteiger partial charge >= 0.3 is 29.8 Å². The Balaban J connectivity index is 4.28. The van der Waals surface area contributed by atoms with E-state index in [-0.39, 0.29) is 26.2 Å². The van der Waals surface area contributed by atoms with Gasteiger partial charge in [0.15, 0.2) is 6.61 Å². The van der Waals surface area contributed by atoms with Crippen molar-refractivity contribution in [3.8, 4) is 0 Å². The van der Waals surface area contributed by atoms with Crippen molar-refractivity contribution in [2.75, 3.05) is 59.0 Å². The Labute approximate surface area is 154 Å². The second-order valence-electron chi connectivity index (χ2n) is 5.41. The van der Waals surface area contributed by atoms with Gasteiger partial charge in [-0.25, -0.2) is 4.79 Å². The minimum Gasteiger partial charge on any atom is -0.480 e. The third-order valence-corrected chi connectivity index (χ3v) is 3.00. The molecule has 0 spiro atoms. The predicted molar refractivity (Wildman–Crippen MR) is 87.3 cm³/mol. The number of esters is 1. The average Bonchev–Trinajstić information content (AvgIpc) is 2.50. The molecule has 0 rings (SSSR count). The lowest BCUT2D eigenvalue weighted by atomic mass is 10.4. The lowest BCUT2D eigenvalue weighted by molar-refractivity contribution is -0.156. The topological polar surface area (TPSA) is 194 Å². The zero-order valence-electron chi connectivity index (χ0n) is 14.5. The van der Waals surface area contributed by atoms with Crippen molar-refractivity contribution < 1.29 is 49.1 Å². The SMILES string of the molecule is O=C(O)COC(=O)CN(CCNCCN(CC(=O)O)CC(=O)O)CC(=O)O. The lowest BCUT2D eigenvalue weighted by Crippen LogP contribution is -2.42. The van der Waals surface area contributed by atoms with Crippen LogP contribution in [0.3, 0.4) is 0 Å². The van der Waals surface area contributed by atoms with Crippen LogP contribution >= 0.6 is 0 Å². The minimum atomic E-state index is -1.33. The maximum absolute atomic E-state index is 11.5. The van der Waals surface area contributed by atoms with E-state index in [2.05, 4.69) is 10.1 Å². The maximum Gasteiger partial charge on any atom is 0.341 e. The van der Waals surface area contributed by atoms with Crippen molar-refractivity contribution in [1.82, 2.24) is 15.1 Å². The van der Waals surface area contributed by atoms with Crippen molar-refractivity contribution in [3.63, 3.8) is 0 Å². The average molecular weight is 393 g/mol. The zero-order chi connectivity index (χ0) is 20.8. The van der Waals surface area contributed by atoms with Crippen molar-refractivity contribution in [2.45, 2.75) is 0 Å². The van der Waals surface area contributed by atoms with Gasteiger partial charge in [0.2, 0.25) is 0 Å². The monoisotopic (exact) mass is 393 g/mol. The number of carbonyl (C=O) groups is 5. The van der Waals surface area contributed by atoms with E-state index in [4.69, 9.17) is 20.4 Å². The molecule has 0 atom stereocenters. The van der Waals surface area contributed by atoms with Crippen LogP contribution < -0.4 is 5.32 Å². The summed E-state index contributed by atoms with van der Waals surface area (Å²) in [6, 6.07) is 0. The number of carbonyl (C=O) groups excluding carboxylic acids is 1. The molecule has 154 valence electrons. The number of nitrogens with one attached hydrogen (secondary N) is 1. The highest BCUT2D eigenvalue weighted by atomic mass is 16.5. The summed E-state index contributed by atoms with van der Waals surface area (Å²) in [6.45, 7) is -1.84. The van der Waals surface area contributed by atoms with Gasteiger partial charge < -0.3 is 30.5 Å². The van der Waals surface area contributed by atoms with Gasteiger partial charge in [-0.2, -0.15) is 0 Å². The molecule has 0 aromatic rings. The summed E-state index contributed by atoms with van der Waals surface area (Å²) in [5.74, 6) is -5.72. The molecule has 0 heterocycles. The molecule has 5 N–H and O–H groups in total. The second-order valence-corrected chi connectivity index (χ2v) is 5.41. The lowest BCUT2D eigenvalue weighted by Gasteiger charge is -2.21. The molecule has 0 radical (unpaired) electrons. The number of rotatable bonds is 16. The molecular formula is C14H23N3O10.